The summed E-state index contributed by atoms with van der Waals surface area (Å²) in [6, 6.07) is 9.16. The summed E-state index contributed by atoms with van der Waals surface area (Å²) in [5, 5.41) is 0. The fraction of sp³-hybridized carbons (Fsp3) is 0.222. The van der Waals surface area contributed by atoms with E-state index in [0.717, 1.165) is 24.1 Å². The molecule has 4 heteroatoms. The SMILES string of the molecule is CC(=O)c1ccc2c(c1)N(C(=O)/C=C/c1ccco1)CCC2. The van der Waals surface area contributed by atoms with E-state index in [4.69, 9.17) is 4.42 Å². The number of furan rings is 1. The number of carbonyl (C=O) groups excluding carboxylic acids is 2. The fourth-order valence-corrected chi connectivity index (χ4v) is 2.65. The third-order valence-corrected chi connectivity index (χ3v) is 3.81. The maximum absolute atomic E-state index is 12.4. The second-order valence-corrected chi connectivity index (χ2v) is 5.34. The Bertz CT molecular complexity index is 729. The molecule has 0 bridgehead atoms. The van der Waals surface area contributed by atoms with Crippen molar-refractivity contribution in [2.75, 3.05) is 11.4 Å². The van der Waals surface area contributed by atoms with Crippen molar-refractivity contribution in [1.82, 2.24) is 0 Å². The topological polar surface area (TPSA) is 50.5 Å². The number of carbonyl (C=O) groups is 2. The number of ketones is 1. The van der Waals surface area contributed by atoms with E-state index in [1.165, 1.54) is 13.0 Å². The zero-order valence-electron chi connectivity index (χ0n) is 12.4. The van der Waals surface area contributed by atoms with E-state index in [0.29, 0.717) is 17.9 Å². The molecule has 0 unspecified atom stereocenters. The molecule has 0 radical (unpaired) electrons. The van der Waals surface area contributed by atoms with Gasteiger partial charge in [0.25, 0.3) is 5.91 Å². The Morgan fingerprint density at radius 3 is 2.86 bits per heavy atom. The van der Waals surface area contributed by atoms with Crippen LogP contribution in [-0.2, 0) is 11.2 Å². The maximum atomic E-state index is 12.4. The number of Topliss-reactive ketones (excluding diaryl/α,β-unsaturated/α-hetero) is 1. The average Bonchev–Trinajstić information content (AvgIpc) is 3.04. The minimum absolute atomic E-state index is 0.00639. The van der Waals surface area contributed by atoms with Crippen molar-refractivity contribution >= 4 is 23.5 Å². The van der Waals surface area contributed by atoms with E-state index in [1.54, 1.807) is 29.4 Å². The van der Waals surface area contributed by atoms with Gasteiger partial charge in [-0.15, -0.1) is 0 Å². The van der Waals surface area contributed by atoms with Gasteiger partial charge < -0.3 is 9.32 Å². The zero-order valence-corrected chi connectivity index (χ0v) is 12.4. The van der Waals surface area contributed by atoms with Crippen molar-refractivity contribution < 1.29 is 14.0 Å². The third-order valence-electron chi connectivity index (χ3n) is 3.81. The first-order valence-corrected chi connectivity index (χ1v) is 7.32. The molecule has 1 aliphatic rings. The molecule has 1 aromatic heterocycles. The van der Waals surface area contributed by atoms with Crippen LogP contribution in [-0.4, -0.2) is 18.2 Å². The predicted octanol–water partition coefficient (Wildman–Crippen LogP) is 3.47. The first-order chi connectivity index (χ1) is 10.6. The van der Waals surface area contributed by atoms with E-state index in [2.05, 4.69) is 0 Å². The van der Waals surface area contributed by atoms with Gasteiger partial charge in [-0.2, -0.15) is 0 Å². The highest BCUT2D eigenvalue weighted by Crippen LogP contribution is 2.28. The molecule has 112 valence electrons. The van der Waals surface area contributed by atoms with Gasteiger partial charge in [-0.25, -0.2) is 0 Å². The van der Waals surface area contributed by atoms with Crippen LogP contribution in [0.2, 0.25) is 0 Å². The van der Waals surface area contributed by atoms with Gasteiger partial charge in [0.2, 0.25) is 0 Å². The Balaban J connectivity index is 1.88. The van der Waals surface area contributed by atoms with Crippen LogP contribution in [0.25, 0.3) is 6.08 Å². The quantitative estimate of drug-likeness (QED) is 0.643. The third kappa shape index (κ3) is 2.86. The van der Waals surface area contributed by atoms with Gasteiger partial charge in [0.15, 0.2) is 5.78 Å². The van der Waals surface area contributed by atoms with Gasteiger partial charge in [-0.05, 0) is 49.6 Å². The Hall–Kier alpha value is -2.62. The second-order valence-electron chi connectivity index (χ2n) is 5.34. The summed E-state index contributed by atoms with van der Waals surface area (Å²) < 4.78 is 5.19. The van der Waals surface area contributed by atoms with E-state index in [-0.39, 0.29) is 11.7 Å². The fourth-order valence-electron chi connectivity index (χ4n) is 2.65. The van der Waals surface area contributed by atoms with Gasteiger partial charge in [0, 0.05) is 23.9 Å². The molecule has 0 aliphatic carbocycles. The highest BCUT2D eigenvalue weighted by molar-refractivity contribution is 6.05. The highest BCUT2D eigenvalue weighted by atomic mass is 16.3. The maximum Gasteiger partial charge on any atom is 0.251 e. The molecule has 1 amide bonds. The molecule has 0 saturated heterocycles. The van der Waals surface area contributed by atoms with Crippen LogP contribution in [0.5, 0.6) is 0 Å². The largest absolute Gasteiger partial charge is 0.465 e. The van der Waals surface area contributed by atoms with Crippen molar-refractivity contribution in [2.24, 2.45) is 0 Å². The first kappa shape index (κ1) is 14.3. The van der Waals surface area contributed by atoms with Gasteiger partial charge in [-0.3, -0.25) is 9.59 Å². The Morgan fingerprint density at radius 2 is 2.14 bits per heavy atom. The number of amides is 1. The van der Waals surface area contributed by atoms with Crippen LogP contribution in [0.1, 0.15) is 35.0 Å². The standard InChI is InChI=1S/C18H17NO3/c1-13(20)15-7-6-14-4-2-10-19(17(14)12-15)18(21)9-8-16-5-3-11-22-16/h3,5-9,11-12H,2,4,10H2,1H3/b9-8+. The van der Waals surface area contributed by atoms with Crippen molar-refractivity contribution in [3.05, 3.63) is 59.6 Å². The predicted molar refractivity (Wildman–Crippen MR) is 84.9 cm³/mol. The number of hydrogen-bond acceptors (Lipinski definition) is 3. The van der Waals surface area contributed by atoms with Crippen molar-refractivity contribution in [1.29, 1.82) is 0 Å². The molecular weight excluding hydrogens is 278 g/mol. The summed E-state index contributed by atoms with van der Waals surface area (Å²) in [5.74, 6) is 0.549. The second kappa shape index (κ2) is 6.02. The molecule has 3 rings (SSSR count). The number of anilines is 1. The van der Waals surface area contributed by atoms with Crippen molar-refractivity contribution in [2.45, 2.75) is 19.8 Å². The molecule has 0 spiro atoms. The van der Waals surface area contributed by atoms with Crippen LogP contribution in [0, 0.1) is 0 Å². The summed E-state index contributed by atoms with van der Waals surface area (Å²) in [6.07, 6.45) is 6.59. The van der Waals surface area contributed by atoms with Crippen LogP contribution >= 0.6 is 0 Å². The molecule has 0 saturated carbocycles. The Morgan fingerprint density at radius 1 is 1.27 bits per heavy atom. The van der Waals surface area contributed by atoms with Gasteiger partial charge >= 0.3 is 0 Å². The van der Waals surface area contributed by atoms with Gasteiger partial charge in [0.1, 0.15) is 5.76 Å². The van der Waals surface area contributed by atoms with Crippen LogP contribution in [0.3, 0.4) is 0 Å². The monoisotopic (exact) mass is 295 g/mol. The van der Waals surface area contributed by atoms with Crippen LogP contribution in [0.4, 0.5) is 5.69 Å². The lowest BCUT2D eigenvalue weighted by molar-refractivity contribution is -0.114. The first-order valence-electron chi connectivity index (χ1n) is 7.32. The molecule has 1 aliphatic heterocycles. The zero-order chi connectivity index (χ0) is 15.5. The highest BCUT2D eigenvalue weighted by Gasteiger charge is 2.21. The Labute approximate surface area is 129 Å². The summed E-state index contributed by atoms with van der Waals surface area (Å²) in [4.78, 5) is 25.7. The molecule has 22 heavy (non-hydrogen) atoms. The number of benzene rings is 1. The average molecular weight is 295 g/mol. The lowest BCUT2D eigenvalue weighted by atomic mass is 9.98. The lowest BCUT2D eigenvalue weighted by Crippen LogP contribution is -2.34. The normalized spacial score (nSPS) is 14.1. The summed E-state index contributed by atoms with van der Waals surface area (Å²) in [6.45, 7) is 2.20. The molecule has 0 N–H and O–H groups in total. The minimum atomic E-state index is -0.0990. The van der Waals surface area contributed by atoms with E-state index in [1.807, 2.05) is 18.2 Å². The summed E-state index contributed by atoms with van der Waals surface area (Å²) >= 11 is 0. The number of rotatable bonds is 3. The van der Waals surface area contributed by atoms with E-state index < -0.39 is 0 Å². The summed E-state index contributed by atoms with van der Waals surface area (Å²) in [5.41, 5.74) is 2.58. The molecule has 0 fully saturated rings. The van der Waals surface area contributed by atoms with Gasteiger partial charge in [0.05, 0.1) is 6.26 Å². The molecule has 0 atom stereocenters. The number of aryl methyl sites for hydroxylation is 1. The van der Waals surface area contributed by atoms with Crippen molar-refractivity contribution in [3.63, 3.8) is 0 Å². The molecule has 4 nitrogen and oxygen atoms in total. The molecular formula is C18H17NO3. The van der Waals surface area contributed by atoms with E-state index >= 15 is 0 Å². The molecule has 1 aromatic carbocycles. The smallest absolute Gasteiger partial charge is 0.251 e. The van der Waals surface area contributed by atoms with Crippen LogP contribution < -0.4 is 4.90 Å². The van der Waals surface area contributed by atoms with Gasteiger partial charge in [-0.1, -0.05) is 12.1 Å². The van der Waals surface area contributed by atoms with E-state index in [9.17, 15) is 9.59 Å². The van der Waals surface area contributed by atoms with Crippen molar-refractivity contribution in [3.8, 4) is 0 Å². The number of hydrogen-bond donors (Lipinski definition) is 0. The Kier molecular flexibility index (Phi) is 3.92. The van der Waals surface area contributed by atoms with Crippen LogP contribution in [0.15, 0.2) is 47.1 Å². The number of fused-ring (bicyclic) bond motifs is 1. The lowest BCUT2D eigenvalue weighted by Gasteiger charge is -2.29. The number of nitrogens with zero attached hydrogens (tertiary/aromatic N) is 1. The molecule has 2 heterocycles. The summed E-state index contributed by atoms with van der Waals surface area (Å²) in [7, 11) is 0. The molecule has 2 aromatic rings. The minimum Gasteiger partial charge on any atom is -0.465 e.